The average molecular weight is 366 g/mol. The van der Waals surface area contributed by atoms with Gasteiger partial charge in [0.2, 0.25) is 0 Å². The van der Waals surface area contributed by atoms with Gasteiger partial charge in [-0.25, -0.2) is 4.39 Å². The van der Waals surface area contributed by atoms with Crippen LogP contribution in [-0.2, 0) is 17.8 Å². The Morgan fingerprint density at radius 2 is 1.89 bits per heavy atom. The molecule has 1 saturated heterocycles. The molecule has 1 N–H and O–H groups in total. The highest BCUT2D eigenvalue weighted by atomic mass is 19.1. The van der Waals surface area contributed by atoms with E-state index < -0.39 is 0 Å². The molecule has 2 aromatic carbocycles. The summed E-state index contributed by atoms with van der Waals surface area (Å²) < 4.78 is 18.8. The van der Waals surface area contributed by atoms with E-state index in [9.17, 15) is 4.39 Å². The zero-order chi connectivity index (χ0) is 18.5. The summed E-state index contributed by atoms with van der Waals surface area (Å²) in [6.45, 7) is 2.81. The van der Waals surface area contributed by atoms with E-state index in [0.717, 1.165) is 48.5 Å². The van der Waals surface area contributed by atoms with E-state index in [1.807, 2.05) is 30.3 Å². The monoisotopic (exact) mass is 366 g/mol. The van der Waals surface area contributed by atoms with E-state index in [1.165, 1.54) is 12.1 Å². The predicted molar refractivity (Wildman–Crippen MR) is 102 cm³/mol. The summed E-state index contributed by atoms with van der Waals surface area (Å²) in [4.78, 5) is 1.68. The van der Waals surface area contributed by atoms with E-state index in [1.54, 1.807) is 16.9 Å². The van der Waals surface area contributed by atoms with E-state index in [-0.39, 0.29) is 5.82 Å². The number of ether oxygens (including phenoxy) is 1. The second kappa shape index (κ2) is 8.41. The predicted octanol–water partition coefficient (Wildman–Crippen LogP) is 3.40. The number of rotatable bonds is 7. The van der Waals surface area contributed by atoms with Crippen LogP contribution < -0.4 is 5.32 Å². The summed E-state index contributed by atoms with van der Waals surface area (Å²) in [6.07, 6.45) is 2.53. The summed E-state index contributed by atoms with van der Waals surface area (Å²) in [5, 5.41) is 12.8. The van der Waals surface area contributed by atoms with Gasteiger partial charge in [-0.05, 0) is 30.5 Å². The highest BCUT2D eigenvalue weighted by molar-refractivity contribution is 5.60. The highest BCUT2D eigenvalue weighted by Crippen LogP contribution is 2.20. The lowest BCUT2D eigenvalue weighted by molar-refractivity contribution is 0.110. The molecule has 27 heavy (non-hydrogen) atoms. The standard InChI is InChI=1S/C21H23FN4O/c22-18-10-8-16(9-11-18)15-26-24-20(14-23-13-19-7-4-12-27-19)21(25-26)17-5-2-1-3-6-17/h1-3,5-6,8-11,19,23H,4,7,12-15H2/t19-/m1/s1. The van der Waals surface area contributed by atoms with Crippen LogP contribution in [0.2, 0.25) is 0 Å². The number of hydrogen-bond acceptors (Lipinski definition) is 4. The van der Waals surface area contributed by atoms with Gasteiger partial charge in [-0.1, -0.05) is 42.5 Å². The molecule has 140 valence electrons. The first-order chi connectivity index (χ1) is 13.3. The second-order valence-electron chi connectivity index (χ2n) is 6.78. The van der Waals surface area contributed by atoms with Gasteiger partial charge < -0.3 is 10.1 Å². The molecule has 0 amide bonds. The summed E-state index contributed by atoms with van der Waals surface area (Å²) in [5.74, 6) is -0.240. The molecule has 1 aromatic heterocycles. The second-order valence-corrected chi connectivity index (χ2v) is 6.78. The number of nitrogens with zero attached hydrogens (tertiary/aromatic N) is 3. The summed E-state index contributed by atoms with van der Waals surface area (Å²) in [5.41, 5.74) is 3.78. The lowest BCUT2D eigenvalue weighted by atomic mass is 10.1. The number of aromatic nitrogens is 3. The molecular weight excluding hydrogens is 343 g/mol. The van der Waals surface area contributed by atoms with Crippen molar-refractivity contribution in [1.82, 2.24) is 20.3 Å². The lowest BCUT2D eigenvalue weighted by Crippen LogP contribution is -2.26. The van der Waals surface area contributed by atoms with Crippen LogP contribution >= 0.6 is 0 Å². The minimum atomic E-state index is -0.240. The number of nitrogens with one attached hydrogen (secondary N) is 1. The lowest BCUT2D eigenvalue weighted by Gasteiger charge is -2.10. The van der Waals surface area contributed by atoms with Crippen LogP contribution in [0.25, 0.3) is 11.3 Å². The maximum atomic E-state index is 13.1. The van der Waals surface area contributed by atoms with Crippen LogP contribution in [0.3, 0.4) is 0 Å². The smallest absolute Gasteiger partial charge is 0.123 e. The number of hydrogen-bond donors (Lipinski definition) is 1. The molecule has 6 heteroatoms. The highest BCUT2D eigenvalue weighted by Gasteiger charge is 2.17. The Kier molecular flexibility index (Phi) is 5.55. The topological polar surface area (TPSA) is 52.0 Å². The van der Waals surface area contributed by atoms with Gasteiger partial charge in [-0.2, -0.15) is 15.0 Å². The van der Waals surface area contributed by atoms with Crippen molar-refractivity contribution in [2.45, 2.75) is 32.0 Å². The van der Waals surface area contributed by atoms with Gasteiger partial charge in [0, 0.05) is 25.3 Å². The molecular formula is C21H23FN4O. The molecule has 0 radical (unpaired) electrons. The molecule has 5 nitrogen and oxygen atoms in total. The van der Waals surface area contributed by atoms with Crippen molar-refractivity contribution in [1.29, 1.82) is 0 Å². The van der Waals surface area contributed by atoms with Crippen molar-refractivity contribution < 1.29 is 9.13 Å². The Balaban J connectivity index is 1.51. The zero-order valence-corrected chi connectivity index (χ0v) is 15.1. The summed E-state index contributed by atoms with van der Waals surface area (Å²) in [6, 6.07) is 16.5. The van der Waals surface area contributed by atoms with E-state index in [2.05, 4.69) is 15.5 Å². The number of halogens is 1. The van der Waals surface area contributed by atoms with E-state index in [0.29, 0.717) is 19.2 Å². The molecule has 2 heterocycles. The van der Waals surface area contributed by atoms with Crippen LogP contribution in [-0.4, -0.2) is 34.2 Å². The van der Waals surface area contributed by atoms with Crippen LogP contribution in [0, 0.1) is 5.82 Å². The van der Waals surface area contributed by atoms with Crippen molar-refractivity contribution in [2.24, 2.45) is 0 Å². The number of benzene rings is 2. The Hall–Kier alpha value is -2.57. The normalized spacial score (nSPS) is 16.7. The molecule has 4 rings (SSSR count). The molecule has 0 aliphatic carbocycles. The first-order valence-electron chi connectivity index (χ1n) is 9.34. The third kappa shape index (κ3) is 4.59. The zero-order valence-electron chi connectivity index (χ0n) is 15.1. The van der Waals surface area contributed by atoms with Crippen molar-refractivity contribution in [3.05, 3.63) is 71.7 Å². The van der Waals surface area contributed by atoms with Gasteiger partial charge in [0.1, 0.15) is 17.2 Å². The van der Waals surface area contributed by atoms with Gasteiger partial charge in [0.25, 0.3) is 0 Å². The minimum Gasteiger partial charge on any atom is -0.377 e. The Morgan fingerprint density at radius 3 is 2.63 bits per heavy atom. The third-order valence-electron chi connectivity index (χ3n) is 4.70. The fraction of sp³-hybridized carbons (Fsp3) is 0.333. The molecule has 0 bridgehead atoms. The quantitative estimate of drug-likeness (QED) is 0.696. The van der Waals surface area contributed by atoms with Crippen LogP contribution in [0.5, 0.6) is 0 Å². The molecule has 0 saturated carbocycles. The first-order valence-corrected chi connectivity index (χ1v) is 9.34. The molecule has 0 spiro atoms. The summed E-state index contributed by atoms with van der Waals surface area (Å²) in [7, 11) is 0. The van der Waals surface area contributed by atoms with Crippen LogP contribution in [0.1, 0.15) is 24.1 Å². The van der Waals surface area contributed by atoms with E-state index in [4.69, 9.17) is 4.74 Å². The SMILES string of the molecule is Fc1ccc(Cn2nc(CNC[C@H]3CCCO3)c(-c3ccccc3)n2)cc1. The van der Waals surface area contributed by atoms with Crippen molar-refractivity contribution >= 4 is 0 Å². The molecule has 1 aliphatic rings. The maximum Gasteiger partial charge on any atom is 0.123 e. The molecule has 3 aromatic rings. The van der Waals surface area contributed by atoms with Gasteiger partial charge in [-0.3, -0.25) is 0 Å². The fourth-order valence-corrected chi connectivity index (χ4v) is 3.30. The van der Waals surface area contributed by atoms with Gasteiger partial charge >= 0.3 is 0 Å². The first kappa shape index (κ1) is 17.8. The van der Waals surface area contributed by atoms with E-state index >= 15 is 0 Å². The molecule has 1 aliphatic heterocycles. The minimum absolute atomic E-state index is 0.240. The Bertz CT molecular complexity index is 858. The average Bonchev–Trinajstić information content (AvgIpc) is 3.35. The molecule has 1 atom stereocenters. The van der Waals surface area contributed by atoms with Gasteiger partial charge in [0.05, 0.1) is 12.6 Å². The summed E-state index contributed by atoms with van der Waals surface area (Å²) >= 11 is 0. The fourth-order valence-electron chi connectivity index (χ4n) is 3.30. The maximum absolute atomic E-state index is 13.1. The third-order valence-corrected chi connectivity index (χ3v) is 4.70. The molecule has 0 unspecified atom stereocenters. The van der Waals surface area contributed by atoms with Gasteiger partial charge in [-0.15, -0.1) is 0 Å². The van der Waals surface area contributed by atoms with Crippen molar-refractivity contribution in [3.8, 4) is 11.3 Å². The largest absolute Gasteiger partial charge is 0.377 e. The van der Waals surface area contributed by atoms with Gasteiger partial charge in [0.15, 0.2) is 0 Å². The van der Waals surface area contributed by atoms with Crippen LogP contribution in [0.15, 0.2) is 54.6 Å². The molecule has 1 fully saturated rings. The van der Waals surface area contributed by atoms with Crippen molar-refractivity contribution in [2.75, 3.05) is 13.2 Å². The van der Waals surface area contributed by atoms with Crippen LogP contribution in [0.4, 0.5) is 4.39 Å². The Morgan fingerprint density at radius 1 is 1.07 bits per heavy atom. The van der Waals surface area contributed by atoms with Crippen molar-refractivity contribution in [3.63, 3.8) is 0 Å². The Labute approximate surface area is 158 Å².